The van der Waals surface area contributed by atoms with Crippen molar-refractivity contribution in [2.45, 2.75) is 38.7 Å². The lowest BCUT2D eigenvalue weighted by Crippen LogP contribution is -2.50. The molecule has 0 aliphatic carbocycles. The number of carboxylic acids is 1. The maximum absolute atomic E-state index is 11.9. The van der Waals surface area contributed by atoms with Crippen molar-refractivity contribution in [1.29, 1.82) is 0 Å². The highest BCUT2D eigenvalue weighted by molar-refractivity contribution is 5.83. The van der Waals surface area contributed by atoms with Gasteiger partial charge < -0.3 is 14.7 Å². The third-order valence-electron chi connectivity index (χ3n) is 3.17. The second-order valence-electron chi connectivity index (χ2n) is 4.79. The Morgan fingerprint density at radius 3 is 2.74 bits per heavy atom. The number of hydrogen-bond donors (Lipinski definition) is 1. The third-order valence-corrected chi connectivity index (χ3v) is 3.17. The average molecular weight is 279 g/mol. The van der Waals surface area contributed by atoms with Crippen molar-refractivity contribution in [2.75, 3.05) is 19.8 Å². The normalized spacial score (nSPS) is 23.7. The Bertz CT molecular complexity index is 325. The van der Waals surface area contributed by atoms with Gasteiger partial charge in [-0.2, -0.15) is 0 Å². The summed E-state index contributed by atoms with van der Waals surface area (Å²) in [5, 5.41) is 9.10. The van der Waals surface area contributed by atoms with Gasteiger partial charge in [0.1, 0.15) is 12.6 Å². The van der Waals surface area contributed by atoms with Crippen molar-refractivity contribution in [3.63, 3.8) is 0 Å². The van der Waals surface area contributed by atoms with Crippen LogP contribution >= 0.6 is 0 Å². The molecule has 0 aromatic rings. The van der Waals surface area contributed by atoms with E-state index in [1.54, 1.807) is 0 Å². The van der Waals surface area contributed by atoms with Gasteiger partial charge in [-0.1, -0.05) is 6.92 Å². The van der Waals surface area contributed by atoms with Crippen LogP contribution < -0.4 is 0 Å². The van der Waals surface area contributed by atoms with E-state index in [0.29, 0.717) is 13.0 Å². The van der Waals surface area contributed by atoms with Crippen LogP contribution in [0, 0.1) is 5.92 Å². The summed E-state index contributed by atoms with van der Waals surface area (Å²) in [4.78, 5) is 24.3. The summed E-state index contributed by atoms with van der Waals surface area (Å²) in [7, 11) is 0. The van der Waals surface area contributed by atoms with E-state index in [2.05, 4.69) is 4.74 Å². The summed E-state index contributed by atoms with van der Waals surface area (Å²) in [5.41, 5.74) is 0. The Balaban J connectivity index is 2.43. The quantitative estimate of drug-likeness (QED) is 0.746. The Hall–Kier alpha value is -1.24. The van der Waals surface area contributed by atoms with Crippen LogP contribution in [0.25, 0.3) is 0 Å². The zero-order chi connectivity index (χ0) is 14.4. The maximum atomic E-state index is 11.9. The van der Waals surface area contributed by atoms with Crippen molar-refractivity contribution in [3.05, 3.63) is 0 Å². The van der Waals surface area contributed by atoms with Gasteiger partial charge >= 0.3 is 5.97 Å². The zero-order valence-electron chi connectivity index (χ0n) is 10.8. The van der Waals surface area contributed by atoms with Gasteiger partial charge in [-0.15, -0.1) is 0 Å². The molecule has 0 saturated carbocycles. The molecule has 1 fully saturated rings. The highest BCUT2D eigenvalue weighted by Crippen LogP contribution is 2.23. The fraction of sp³-hybridized carbons (Fsp3) is 0.833. The minimum atomic E-state index is -2.56. The zero-order valence-corrected chi connectivity index (χ0v) is 10.8. The topological polar surface area (TPSA) is 66.8 Å². The molecule has 5 nitrogen and oxygen atoms in total. The number of carboxylic acid groups (broad SMARTS) is 1. The third kappa shape index (κ3) is 5.10. The number of carbonyl (C=O) groups excluding carboxylic acids is 1. The molecule has 2 unspecified atom stereocenters. The standard InChI is InChI=1S/C12H19F2NO4/c1-8-2-4-15(9(6-8)12(17)18)11(16)3-5-19-7-10(13)14/h8-10H,2-7H2,1H3,(H,17,18). The molecule has 0 spiro atoms. The molecule has 1 aliphatic heterocycles. The lowest BCUT2D eigenvalue weighted by molar-refractivity contribution is -0.153. The Morgan fingerprint density at radius 2 is 2.16 bits per heavy atom. The van der Waals surface area contributed by atoms with Crippen LogP contribution in [-0.2, 0) is 14.3 Å². The van der Waals surface area contributed by atoms with Gasteiger partial charge in [0.2, 0.25) is 5.91 Å². The van der Waals surface area contributed by atoms with Crippen LogP contribution in [0.15, 0.2) is 0 Å². The van der Waals surface area contributed by atoms with Gasteiger partial charge in [0.25, 0.3) is 6.43 Å². The van der Waals surface area contributed by atoms with E-state index in [4.69, 9.17) is 5.11 Å². The molecule has 1 amide bonds. The number of nitrogens with zero attached hydrogens (tertiary/aromatic N) is 1. The molecule has 1 rings (SSSR count). The van der Waals surface area contributed by atoms with Crippen molar-refractivity contribution < 1.29 is 28.2 Å². The fourth-order valence-electron chi connectivity index (χ4n) is 2.15. The summed E-state index contributed by atoms with van der Waals surface area (Å²) in [6.07, 6.45) is -1.44. The summed E-state index contributed by atoms with van der Waals surface area (Å²) >= 11 is 0. The molecular weight excluding hydrogens is 260 g/mol. The van der Waals surface area contributed by atoms with Crippen molar-refractivity contribution in [2.24, 2.45) is 5.92 Å². The van der Waals surface area contributed by atoms with Crippen LogP contribution in [0.3, 0.4) is 0 Å². The maximum Gasteiger partial charge on any atom is 0.326 e. The minimum Gasteiger partial charge on any atom is -0.480 e. The van der Waals surface area contributed by atoms with E-state index >= 15 is 0 Å². The predicted molar refractivity (Wildman–Crippen MR) is 63.0 cm³/mol. The molecule has 7 heteroatoms. The summed E-state index contributed by atoms with van der Waals surface area (Å²) in [5.74, 6) is -1.11. The number of hydrogen-bond acceptors (Lipinski definition) is 3. The molecule has 0 aromatic carbocycles. The smallest absolute Gasteiger partial charge is 0.326 e. The molecular formula is C12H19F2NO4. The van der Waals surface area contributed by atoms with Gasteiger partial charge in [-0.05, 0) is 18.8 Å². The number of halogens is 2. The fourth-order valence-corrected chi connectivity index (χ4v) is 2.15. The Labute approximate surface area is 110 Å². The van der Waals surface area contributed by atoms with Crippen LogP contribution in [0.5, 0.6) is 0 Å². The van der Waals surface area contributed by atoms with Gasteiger partial charge in [-0.3, -0.25) is 4.79 Å². The Kier molecular flexibility index (Phi) is 6.14. The lowest BCUT2D eigenvalue weighted by atomic mass is 9.92. The molecule has 110 valence electrons. The first-order valence-corrected chi connectivity index (χ1v) is 6.30. The molecule has 1 aliphatic rings. The minimum absolute atomic E-state index is 0.0646. The molecule has 1 saturated heterocycles. The van der Waals surface area contributed by atoms with Gasteiger partial charge in [-0.25, -0.2) is 13.6 Å². The van der Waals surface area contributed by atoms with Crippen molar-refractivity contribution >= 4 is 11.9 Å². The summed E-state index contributed by atoms with van der Waals surface area (Å²) in [6.45, 7) is 1.53. The van der Waals surface area contributed by atoms with E-state index in [0.717, 1.165) is 6.42 Å². The van der Waals surface area contributed by atoms with Gasteiger partial charge in [0.05, 0.1) is 13.0 Å². The first-order valence-electron chi connectivity index (χ1n) is 6.30. The molecule has 1 heterocycles. The first kappa shape index (κ1) is 15.8. The van der Waals surface area contributed by atoms with E-state index < -0.39 is 25.0 Å². The number of piperidine rings is 1. The molecule has 0 aromatic heterocycles. The van der Waals surface area contributed by atoms with Crippen molar-refractivity contribution in [1.82, 2.24) is 4.90 Å². The second kappa shape index (κ2) is 7.37. The monoisotopic (exact) mass is 279 g/mol. The predicted octanol–water partition coefficient (Wildman–Crippen LogP) is 1.37. The number of rotatable bonds is 6. The molecule has 19 heavy (non-hydrogen) atoms. The SMILES string of the molecule is CC1CCN(C(=O)CCOCC(F)F)C(C(=O)O)C1. The van der Waals surface area contributed by atoms with E-state index in [1.807, 2.05) is 6.92 Å². The van der Waals surface area contributed by atoms with Crippen LogP contribution in [-0.4, -0.2) is 54.1 Å². The number of aliphatic carboxylic acids is 1. The van der Waals surface area contributed by atoms with E-state index in [9.17, 15) is 18.4 Å². The number of carbonyl (C=O) groups is 2. The number of alkyl halides is 2. The highest BCUT2D eigenvalue weighted by Gasteiger charge is 2.34. The number of ether oxygens (including phenoxy) is 1. The van der Waals surface area contributed by atoms with E-state index in [1.165, 1.54) is 4.90 Å². The van der Waals surface area contributed by atoms with E-state index in [-0.39, 0.29) is 24.9 Å². The Morgan fingerprint density at radius 1 is 1.47 bits per heavy atom. The molecule has 2 atom stereocenters. The first-order chi connectivity index (χ1) is 8.91. The summed E-state index contributed by atoms with van der Waals surface area (Å²) < 4.78 is 28.3. The number of likely N-dealkylation sites (tertiary alicyclic amines) is 1. The average Bonchev–Trinajstić information content (AvgIpc) is 2.33. The molecule has 0 bridgehead atoms. The largest absolute Gasteiger partial charge is 0.480 e. The van der Waals surface area contributed by atoms with Crippen molar-refractivity contribution in [3.8, 4) is 0 Å². The number of amides is 1. The van der Waals surface area contributed by atoms with Crippen LogP contribution in [0.1, 0.15) is 26.2 Å². The van der Waals surface area contributed by atoms with Crippen LogP contribution in [0.4, 0.5) is 8.78 Å². The highest BCUT2D eigenvalue weighted by atomic mass is 19.3. The summed E-state index contributed by atoms with van der Waals surface area (Å²) in [6, 6.07) is -0.814. The molecule has 0 radical (unpaired) electrons. The lowest BCUT2D eigenvalue weighted by Gasteiger charge is -2.36. The van der Waals surface area contributed by atoms with Gasteiger partial charge in [0.15, 0.2) is 0 Å². The second-order valence-corrected chi connectivity index (χ2v) is 4.79. The van der Waals surface area contributed by atoms with Gasteiger partial charge in [0, 0.05) is 6.54 Å². The van der Waals surface area contributed by atoms with Crippen LogP contribution in [0.2, 0.25) is 0 Å². The molecule has 1 N–H and O–H groups in total.